The summed E-state index contributed by atoms with van der Waals surface area (Å²) in [6.07, 6.45) is 0. The summed E-state index contributed by atoms with van der Waals surface area (Å²) in [6.45, 7) is 5.40. The number of furan rings is 1. The average Bonchev–Trinajstić information content (AvgIpc) is 2.72. The van der Waals surface area contributed by atoms with Gasteiger partial charge in [-0.2, -0.15) is 0 Å². The van der Waals surface area contributed by atoms with E-state index < -0.39 is 22.3 Å². The van der Waals surface area contributed by atoms with Crippen LogP contribution in [0.5, 0.6) is 0 Å². The van der Waals surface area contributed by atoms with Crippen molar-refractivity contribution in [2.45, 2.75) is 26.4 Å². The first-order chi connectivity index (χ1) is 8.24. The summed E-state index contributed by atoms with van der Waals surface area (Å²) in [4.78, 5) is 23.1. The molecule has 100 valence electrons. The lowest BCUT2D eigenvalue weighted by Crippen LogP contribution is -2.42. The number of likely N-dealkylation sites (N-methyl/N-ethyl adjacent to an activating group) is 1. The van der Waals surface area contributed by atoms with Crippen molar-refractivity contribution in [1.82, 2.24) is 4.90 Å². The highest BCUT2D eigenvalue weighted by Gasteiger charge is 2.25. The molecule has 1 aromatic heterocycles. The number of hydrogen-bond donors (Lipinski definition) is 1. The number of hydrogen-bond acceptors (Lipinski definition) is 5. The summed E-state index contributed by atoms with van der Waals surface area (Å²) < 4.78 is 4.83. The molecular formula is C11H16N2O5. The number of nitro groups is 1. The van der Waals surface area contributed by atoms with E-state index in [1.165, 1.54) is 11.0 Å². The molecule has 0 spiro atoms. The van der Waals surface area contributed by atoms with Crippen LogP contribution in [0, 0.1) is 10.1 Å². The van der Waals surface area contributed by atoms with E-state index in [9.17, 15) is 20.0 Å². The number of aliphatic hydroxyl groups is 1. The topological polar surface area (TPSA) is 96.8 Å². The summed E-state index contributed by atoms with van der Waals surface area (Å²) in [5.41, 5.74) is -1.04. The van der Waals surface area contributed by atoms with E-state index >= 15 is 0 Å². The highest BCUT2D eigenvalue weighted by molar-refractivity contribution is 5.91. The summed E-state index contributed by atoms with van der Waals surface area (Å²) in [7, 11) is 0. The molecule has 7 heteroatoms. The van der Waals surface area contributed by atoms with Gasteiger partial charge < -0.3 is 14.4 Å². The molecule has 18 heavy (non-hydrogen) atoms. The molecule has 0 aromatic carbocycles. The van der Waals surface area contributed by atoms with Crippen molar-refractivity contribution in [1.29, 1.82) is 0 Å². The van der Waals surface area contributed by atoms with Crippen molar-refractivity contribution in [2.24, 2.45) is 0 Å². The molecule has 7 nitrogen and oxygen atoms in total. The fraction of sp³-hybridized carbons (Fsp3) is 0.545. The zero-order valence-corrected chi connectivity index (χ0v) is 10.5. The molecule has 0 aliphatic carbocycles. The first kappa shape index (κ1) is 14.2. The SMILES string of the molecule is CCN(CC(C)(C)O)C(=O)c1ccc([N+](=O)[O-])o1. The molecule has 0 atom stereocenters. The number of carbonyl (C=O) groups excluding carboxylic acids is 1. The van der Waals surface area contributed by atoms with Gasteiger partial charge in [0.2, 0.25) is 0 Å². The molecule has 1 aromatic rings. The Morgan fingerprint density at radius 1 is 1.56 bits per heavy atom. The lowest BCUT2D eigenvalue weighted by Gasteiger charge is -2.27. The van der Waals surface area contributed by atoms with Gasteiger partial charge in [-0.15, -0.1) is 0 Å². The number of rotatable bonds is 5. The van der Waals surface area contributed by atoms with Gasteiger partial charge in [-0.3, -0.25) is 14.9 Å². The fourth-order valence-electron chi connectivity index (χ4n) is 1.49. The number of nitrogens with zero attached hydrogens (tertiary/aromatic N) is 2. The lowest BCUT2D eigenvalue weighted by molar-refractivity contribution is -0.402. The maximum atomic E-state index is 12.0. The van der Waals surface area contributed by atoms with Crippen LogP contribution in [0.2, 0.25) is 0 Å². The van der Waals surface area contributed by atoms with Crippen LogP contribution in [0.25, 0.3) is 0 Å². The van der Waals surface area contributed by atoms with Gasteiger partial charge in [0, 0.05) is 13.1 Å². The van der Waals surface area contributed by atoms with Gasteiger partial charge in [0.25, 0.3) is 5.91 Å². The van der Waals surface area contributed by atoms with Crippen molar-refractivity contribution in [3.05, 3.63) is 28.0 Å². The van der Waals surface area contributed by atoms with Gasteiger partial charge in [0.15, 0.2) is 5.76 Å². The Balaban J connectivity index is 2.86. The largest absolute Gasteiger partial charge is 0.433 e. The molecular weight excluding hydrogens is 240 g/mol. The minimum Gasteiger partial charge on any atom is -0.395 e. The molecule has 0 saturated heterocycles. The molecule has 1 amide bonds. The second-order valence-corrected chi connectivity index (χ2v) is 4.53. The summed E-state index contributed by atoms with van der Waals surface area (Å²) >= 11 is 0. The van der Waals surface area contributed by atoms with Gasteiger partial charge in [-0.25, -0.2) is 0 Å². The zero-order chi connectivity index (χ0) is 13.9. The lowest BCUT2D eigenvalue weighted by atomic mass is 10.1. The van der Waals surface area contributed by atoms with Crippen LogP contribution in [0.4, 0.5) is 5.88 Å². The highest BCUT2D eigenvalue weighted by Crippen LogP contribution is 2.18. The third kappa shape index (κ3) is 3.56. The van der Waals surface area contributed by atoms with Gasteiger partial charge in [0.1, 0.15) is 4.92 Å². The third-order valence-electron chi connectivity index (χ3n) is 2.23. The summed E-state index contributed by atoms with van der Waals surface area (Å²) in [6, 6.07) is 2.39. The van der Waals surface area contributed by atoms with E-state index in [0.717, 1.165) is 6.07 Å². The molecule has 0 radical (unpaired) electrons. The van der Waals surface area contributed by atoms with Gasteiger partial charge in [-0.1, -0.05) is 0 Å². The van der Waals surface area contributed by atoms with Crippen LogP contribution >= 0.6 is 0 Å². The predicted octanol–water partition coefficient (Wildman–Crippen LogP) is 1.42. The third-order valence-corrected chi connectivity index (χ3v) is 2.23. The Labute approximate surface area is 104 Å². The van der Waals surface area contributed by atoms with E-state index in [1.54, 1.807) is 20.8 Å². The van der Waals surface area contributed by atoms with E-state index in [4.69, 9.17) is 4.42 Å². The second kappa shape index (κ2) is 5.18. The Hall–Kier alpha value is -1.89. The minimum atomic E-state index is -1.04. The average molecular weight is 256 g/mol. The Morgan fingerprint density at radius 2 is 2.17 bits per heavy atom. The molecule has 0 saturated carbocycles. The first-order valence-electron chi connectivity index (χ1n) is 5.50. The van der Waals surface area contributed by atoms with Gasteiger partial charge in [0.05, 0.1) is 11.7 Å². The Kier molecular flexibility index (Phi) is 4.07. The molecule has 0 fully saturated rings. The van der Waals surface area contributed by atoms with Crippen LogP contribution < -0.4 is 0 Å². The maximum Gasteiger partial charge on any atom is 0.433 e. The number of amides is 1. The van der Waals surface area contributed by atoms with Gasteiger partial charge >= 0.3 is 5.88 Å². The normalized spacial score (nSPS) is 11.3. The van der Waals surface area contributed by atoms with Gasteiger partial charge in [-0.05, 0) is 26.8 Å². The summed E-state index contributed by atoms with van der Waals surface area (Å²) in [5.74, 6) is -1.06. The maximum absolute atomic E-state index is 12.0. The highest BCUT2D eigenvalue weighted by atomic mass is 16.6. The van der Waals surface area contributed by atoms with Crippen LogP contribution in [-0.2, 0) is 0 Å². The van der Waals surface area contributed by atoms with Crippen molar-refractivity contribution in [3.8, 4) is 0 Å². The van der Waals surface area contributed by atoms with Crippen molar-refractivity contribution >= 4 is 11.8 Å². The smallest absolute Gasteiger partial charge is 0.395 e. The molecule has 0 unspecified atom stereocenters. The van der Waals surface area contributed by atoms with E-state index in [1.807, 2.05) is 0 Å². The molecule has 0 bridgehead atoms. The van der Waals surface area contributed by atoms with E-state index in [2.05, 4.69) is 0 Å². The van der Waals surface area contributed by atoms with Crippen LogP contribution in [0.3, 0.4) is 0 Å². The van der Waals surface area contributed by atoms with E-state index in [-0.39, 0.29) is 12.3 Å². The molecule has 0 aliphatic heterocycles. The Bertz CT molecular complexity index is 447. The van der Waals surface area contributed by atoms with Crippen LogP contribution in [-0.4, -0.2) is 39.5 Å². The first-order valence-corrected chi connectivity index (χ1v) is 5.50. The summed E-state index contributed by atoms with van der Waals surface area (Å²) in [5, 5.41) is 20.1. The number of carbonyl (C=O) groups is 1. The second-order valence-electron chi connectivity index (χ2n) is 4.53. The van der Waals surface area contributed by atoms with Crippen LogP contribution in [0.15, 0.2) is 16.5 Å². The molecule has 1 N–H and O–H groups in total. The standard InChI is InChI=1S/C11H16N2O5/c1-4-12(7-11(2,3)15)10(14)8-5-6-9(18-8)13(16)17/h5-6,15H,4,7H2,1-3H3. The molecule has 0 aliphatic rings. The van der Waals surface area contributed by atoms with Crippen molar-refractivity contribution in [2.75, 3.05) is 13.1 Å². The molecule has 1 rings (SSSR count). The Morgan fingerprint density at radius 3 is 2.56 bits per heavy atom. The monoisotopic (exact) mass is 256 g/mol. The van der Waals surface area contributed by atoms with Crippen molar-refractivity contribution < 1.29 is 19.2 Å². The predicted molar refractivity (Wildman–Crippen MR) is 63.2 cm³/mol. The zero-order valence-electron chi connectivity index (χ0n) is 10.5. The van der Waals surface area contributed by atoms with E-state index in [0.29, 0.717) is 6.54 Å². The fourth-order valence-corrected chi connectivity index (χ4v) is 1.49. The van der Waals surface area contributed by atoms with Crippen LogP contribution in [0.1, 0.15) is 31.3 Å². The molecule has 1 heterocycles. The quantitative estimate of drug-likeness (QED) is 0.634. The van der Waals surface area contributed by atoms with Crippen molar-refractivity contribution in [3.63, 3.8) is 0 Å². The minimum absolute atomic E-state index is 0.104.